The Balaban J connectivity index is 2.41. The molecule has 0 aromatic heterocycles. The van der Waals surface area contributed by atoms with Crippen LogP contribution in [0, 0.1) is 17.2 Å². The molecular weight excluding hydrogens is 266 g/mol. The summed E-state index contributed by atoms with van der Waals surface area (Å²) in [7, 11) is 0. The van der Waals surface area contributed by atoms with Crippen LogP contribution in [0.1, 0.15) is 20.8 Å². The summed E-state index contributed by atoms with van der Waals surface area (Å²) < 4.78 is 0. The van der Waals surface area contributed by atoms with E-state index < -0.39 is 16.9 Å². The van der Waals surface area contributed by atoms with Crippen molar-refractivity contribution in [1.29, 1.82) is 5.26 Å². The minimum absolute atomic E-state index is 0.287. The third kappa shape index (κ3) is 2.02. The van der Waals surface area contributed by atoms with Gasteiger partial charge in [0, 0.05) is 17.2 Å². The van der Waals surface area contributed by atoms with Crippen LogP contribution in [0.5, 0.6) is 0 Å². The first-order valence-electron chi connectivity index (χ1n) is 5.92. The van der Waals surface area contributed by atoms with E-state index >= 15 is 0 Å². The molecule has 2 atom stereocenters. The largest absolute Gasteiger partial charge is 0.329 e. The second kappa shape index (κ2) is 4.39. The van der Waals surface area contributed by atoms with Crippen LogP contribution in [0.25, 0.3) is 0 Å². The predicted molar refractivity (Wildman–Crippen MR) is 70.0 cm³/mol. The number of hydrogen-bond donors (Lipinski definition) is 1. The molecule has 1 aliphatic heterocycles. The molecule has 0 aromatic rings. The molecule has 1 N–H and O–H groups in total. The van der Waals surface area contributed by atoms with Crippen molar-refractivity contribution in [2.75, 3.05) is 0 Å². The van der Waals surface area contributed by atoms with Crippen LogP contribution in [0.2, 0.25) is 0 Å². The van der Waals surface area contributed by atoms with E-state index in [1.807, 2.05) is 6.07 Å². The first kappa shape index (κ1) is 13.6. The van der Waals surface area contributed by atoms with Crippen molar-refractivity contribution in [2.24, 2.45) is 5.92 Å². The van der Waals surface area contributed by atoms with Gasteiger partial charge < -0.3 is 5.32 Å². The zero-order valence-corrected chi connectivity index (χ0v) is 11.7. The van der Waals surface area contributed by atoms with Crippen LogP contribution in [0.4, 0.5) is 4.79 Å². The van der Waals surface area contributed by atoms with Crippen molar-refractivity contribution >= 4 is 23.5 Å². The molecule has 6 heteroatoms. The first-order chi connectivity index (χ1) is 8.79. The summed E-state index contributed by atoms with van der Waals surface area (Å²) in [6.45, 7) is 5.09. The molecule has 2 rings (SSSR count). The van der Waals surface area contributed by atoms with E-state index in [1.165, 1.54) is 0 Å². The minimum atomic E-state index is -0.918. The highest BCUT2D eigenvalue weighted by Crippen LogP contribution is 2.34. The monoisotopic (exact) mass is 279 g/mol. The summed E-state index contributed by atoms with van der Waals surface area (Å²) >= 11 is 6.17. The van der Waals surface area contributed by atoms with Crippen molar-refractivity contribution in [1.82, 2.24) is 10.2 Å². The second-order valence-electron chi connectivity index (χ2n) is 5.21. The van der Waals surface area contributed by atoms with Crippen LogP contribution >= 0.6 is 11.6 Å². The molecule has 100 valence electrons. The van der Waals surface area contributed by atoms with Gasteiger partial charge in [-0.05, 0) is 26.0 Å². The molecule has 1 fully saturated rings. The Kier molecular flexibility index (Phi) is 3.15. The molecule has 5 nitrogen and oxygen atoms in total. The zero-order chi connectivity index (χ0) is 14.4. The second-order valence-corrected chi connectivity index (χ2v) is 5.68. The number of amides is 3. The van der Waals surface area contributed by atoms with Gasteiger partial charge in [-0.2, -0.15) is 5.26 Å². The molecule has 1 heterocycles. The highest BCUT2D eigenvalue weighted by Gasteiger charge is 2.47. The number of allylic oxidation sites excluding steroid dienone is 4. The van der Waals surface area contributed by atoms with Crippen LogP contribution in [0.15, 0.2) is 23.4 Å². The SMILES string of the molecule is CC1C(N2C(=O)NC(C)(C)C2=O)=CC=C(C#N)C1Cl. The highest BCUT2D eigenvalue weighted by atomic mass is 35.5. The number of nitrogens with one attached hydrogen (secondary N) is 1. The van der Waals surface area contributed by atoms with E-state index in [-0.39, 0.29) is 11.8 Å². The maximum atomic E-state index is 12.2. The van der Waals surface area contributed by atoms with Crippen LogP contribution < -0.4 is 5.32 Å². The third-order valence-electron chi connectivity index (χ3n) is 3.38. The average Bonchev–Trinajstić information content (AvgIpc) is 2.53. The molecule has 0 bridgehead atoms. The number of urea groups is 1. The van der Waals surface area contributed by atoms with Crippen molar-refractivity contribution in [3.63, 3.8) is 0 Å². The summed E-state index contributed by atoms with van der Waals surface area (Å²) in [6.07, 6.45) is 3.17. The number of rotatable bonds is 1. The third-order valence-corrected chi connectivity index (χ3v) is 4.00. The molecule has 0 saturated carbocycles. The number of hydrogen-bond acceptors (Lipinski definition) is 3. The molecule has 0 aromatic carbocycles. The Morgan fingerprint density at radius 2 is 2.05 bits per heavy atom. The van der Waals surface area contributed by atoms with Gasteiger partial charge >= 0.3 is 6.03 Å². The van der Waals surface area contributed by atoms with E-state index in [4.69, 9.17) is 16.9 Å². The van der Waals surface area contributed by atoms with Gasteiger partial charge in [-0.25, -0.2) is 9.69 Å². The Morgan fingerprint density at radius 3 is 2.53 bits per heavy atom. The van der Waals surface area contributed by atoms with Gasteiger partial charge in [0.1, 0.15) is 5.54 Å². The number of nitrogens with zero attached hydrogens (tertiary/aromatic N) is 2. The number of alkyl halides is 1. The lowest BCUT2D eigenvalue weighted by Gasteiger charge is -2.28. The van der Waals surface area contributed by atoms with Crippen LogP contribution in [0.3, 0.4) is 0 Å². The number of carbonyl (C=O) groups excluding carboxylic acids is 2. The Morgan fingerprint density at radius 1 is 1.42 bits per heavy atom. The molecule has 2 aliphatic rings. The van der Waals surface area contributed by atoms with E-state index in [0.29, 0.717) is 11.3 Å². The Bertz CT molecular complexity index is 557. The number of halogens is 1. The molecule has 0 spiro atoms. The molecular formula is C13H14ClN3O2. The standard InChI is InChI=1S/C13H14ClN3O2/c1-7-9(5-4-8(6-15)10(7)14)17-11(18)13(2,3)16-12(17)19/h4-5,7,10H,1-3H3,(H,16,19). The smallest absolute Gasteiger partial charge is 0.323 e. The van der Waals surface area contributed by atoms with Crippen LogP contribution in [-0.4, -0.2) is 27.8 Å². The normalized spacial score (nSPS) is 29.5. The molecule has 1 aliphatic carbocycles. The lowest BCUT2D eigenvalue weighted by atomic mass is 9.91. The molecule has 0 radical (unpaired) electrons. The fourth-order valence-electron chi connectivity index (χ4n) is 2.20. The Labute approximate surface area is 116 Å². The van der Waals surface area contributed by atoms with Gasteiger partial charge in [0.15, 0.2) is 0 Å². The van der Waals surface area contributed by atoms with Gasteiger partial charge in [-0.15, -0.1) is 11.6 Å². The summed E-state index contributed by atoms with van der Waals surface area (Å²) in [5, 5.41) is 11.0. The molecule has 3 amide bonds. The molecule has 2 unspecified atom stereocenters. The number of carbonyl (C=O) groups is 2. The van der Waals surface area contributed by atoms with Crippen molar-refractivity contribution in [3.8, 4) is 6.07 Å². The van der Waals surface area contributed by atoms with Crippen LogP contribution in [-0.2, 0) is 4.79 Å². The minimum Gasteiger partial charge on any atom is -0.323 e. The Hall–Kier alpha value is -1.80. The van der Waals surface area contributed by atoms with Crippen molar-refractivity contribution < 1.29 is 9.59 Å². The van der Waals surface area contributed by atoms with Crippen molar-refractivity contribution in [3.05, 3.63) is 23.4 Å². The number of imide groups is 1. The first-order valence-corrected chi connectivity index (χ1v) is 6.36. The predicted octanol–water partition coefficient (Wildman–Crippen LogP) is 1.91. The number of nitriles is 1. The van der Waals surface area contributed by atoms with Crippen molar-refractivity contribution in [2.45, 2.75) is 31.7 Å². The zero-order valence-electron chi connectivity index (χ0n) is 10.9. The maximum absolute atomic E-state index is 12.2. The fraction of sp³-hybridized carbons (Fsp3) is 0.462. The fourth-order valence-corrected chi connectivity index (χ4v) is 2.45. The lowest BCUT2D eigenvalue weighted by molar-refractivity contribution is -0.129. The van der Waals surface area contributed by atoms with Gasteiger partial charge in [0.05, 0.1) is 11.4 Å². The van der Waals surface area contributed by atoms with Gasteiger partial charge in [0.2, 0.25) is 0 Å². The van der Waals surface area contributed by atoms with E-state index in [1.54, 1.807) is 32.9 Å². The van der Waals surface area contributed by atoms with E-state index in [2.05, 4.69) is 5.32 Å². The van der Waals surface area contributed by atoms with Gasteiger partial charge in [-0.1, -0.05) is 6.92 Å². The highest BCUT2D eigenvalue weighted by molar-refractivity contribution is 6.23. The summed E-state index contributed by atoms with van der Waals surface area (Å²) in [4.78, 5) is 25.3. The summed E-state index contributed by atoms with van der Waals surface area (Å²) in [6, 6.07) is 1.56. The lowest BCUT2D eigenvalue weighted by Crippen LogP contribution is -2.41. The average molecular weight is 280 g/mol. The summed E-state index contributed by atoms with van der Waals surface area (Å²) in [5.74, 6) is -0.599. The van der Waals surface area contributed by atoms with E-state index in [0.717, 1.165) is 4.90 Å². The molecule has 1 saturated heterocycles. The van der Waals surface area contributed by atoms with E-state index in [9.17, 15) is 9.59 Å². The quantitative estimate of drug-likeness (QED) is 0.588. The maximum Gasteiger partial charge on any atom is 0.329 e. The van der Waals surface area contributed by atoms with Gasteiger partial charge in [-0.3, -0.25) is 4.79 Å². The van der Waals surface area contributed by atoms with Gasteiger partial charge in [0.25, 0.3) is 5.91 Å². The topological polar surface area (TPSA) is 73.2 Å². The summed E-state index contributed by atoms with van der Waals surface area (Å²) in [5.41, 5.74) is 0.0369. The molecule has 19 heavy (non-hydrogen) atoms.